The van der Waals surface area contributed by atoms with Gasteiger partial charge in [-0.25, -0.2) is 4.98 Å². The number of anilines is 1. The summed E-state index contributed by atoms with van der Waals surface area (Å²) in [5, 5.41) is 2.82. The summed E-state index contributed by atoms with van der Waals surface area (Å²) in [6.07, 6.45) is 1.59. The number of likely N-dealkylation sites (N-methyl/N-ethyl adjacent to an activating group) is 1. The second-order valence-electron chi connectivity index (χ2n) is 4.40. The lowest BCUT2D eigenvalue weighted by Crippen LogP contribution is -2.46. The Kier molecular flexibility index (Phi) is 4.11. The van der Waals surface area contributed by atoms with Crippen molar-refractivity contribution < 1.29 is 9.53 Å². The van der Waals surface area contributed by atoms with Crippen molar-refractivity contribution in [2.45, 2.75) is 6.10 Å². The largest absolute Gasteiger partial charge is 0.383 e. The summed E-state index contributed by atoms with van der Waals surface area (Å²) >= 11 is 0. The van der Waals surface area contributed by atoms with E-state index in [2.05, 4.69) is 15.2 Å². The summed E-state index contributed by atoms with van der Waals surface area (Å²) in [6.45, 7) is 2.94. The average Bonchev–Trinajstić information content (AvgIpc) is 2.37. The highest BCUT2D eigenvalue weighted by molar-refractivity contribution is 5.98. The van der Waals surface area contributed by atoms with Crippen LogP contribution in [0.25, 0.3) is 0 Å². The lowest BCUT2D eigenvalue weighted by molar-refractivity contribution is -0.0175. The van der Waals surface area contributed by atoms with E-state index < -0.39 is 0 Å². The van der Waals surface area contributed by atoms with Gasteiger partial charge in [0.15, 0.2) is 0 Å². The summed E-state index contributed by atoms with van der Waals surface area (Å²) in [4.78, 5) is 18.0. The Morgan fingerprint density at radius 2 is 2.56 bits per heavy atom. The molecule has 0 bridgehead atoms. The molecule has 0 aliphatic carbocycles. The Bertz CT molecular complexity index is 424. The first-order valence-electron chi connectivity index (χ1n) is 5.95. The minimum atomic E-state index is -0.211. The fourth-order valence-electron chi connectivity index (χ4n) is 1.90. The number of nitrogen functional groups attached to an aromatic ring is 1. The molecule has 0 radical (unpaired) electrons. The van der Waals surface area contributed by atoms with E-state index in [4.69, 9.17) is 10.5 Å². The molecule has 18 heavy (non-hydrogen) atoms. The lowest BCUT2D eigenvalue weighted by atomic mass is 10.2. The van der Waals surface area contributed by atoms with Crippen LogP contribution in [0.2, 0.25) is 0 Å². The van der Waals surface area contributed by atoms with Crippen LogP contribution >= 0.6 is 0 Å². The summed E-state index contributed by atoms with van der Waals surface area (Å²) in [5.74, 6) is 0.0362. The minimum absolute atomic E-state index is 0.0330. The van der Waals surface area contributed by atoms with Crippen molar-refractivity contribution in [2.75, 3.05) is 39.0 Å². The maximum absolute atomic E-state index is 11.9. The van der Waals surface area contributed by atoms with Gasteiger partial charge in [0.05, 0.1) is 18.3 Å². The van der Waals surface area contributed by atoms with E-state index in [9.17, 15) is 4.79 Å². The molecule has 1 saturated heterocycles. The SMILES string of the molecule is CN1CCOC(CNC(=O)c2cccnc2N)C1. The number of nitrogens with one attached hydrogen (secondary N) is 1. The second-order valence-corrected chi connectivity index (χ2v) is 4.40. The van der Waals surface area contributed by atoms with Gasteiger partial charge < -0.3 is 20.7 Å². The molecule has 1 aromatic rings. The van der Waals surface area contributed by atoms with Gasteiger partial charge in [-0.15, -0.1) is 0 Å². The number of amides is 1. The van der Waals surface area contributed by atoms with E-state index in [-0.39, 0.29) is 17.8 Å². The first-order chi connectivity index (χ1) is 8.66. The zero-order chi connectivity index (χ0) is 13.0. The van der Waals surface area contributed by atoms with Crippen molar-refractivity contribution in [1.82, 2.24) is 15.2 Å². The number of nitrogens with zero attached hydrogens (tertiary/aromatic N) is 2. The highest BCUT2D eigenvalue weighted by Crippen LogP contribution is 2.07. The van der Waals surface area contributed by atoms with Crippen molar-refractivity contribution in [3.05, 3.63) is 23.9 Å². The van der Waals surface area contributed by atoms with Crippen molar-refractivity contribution in [1.29, 1.82) is 0 Å². The van der Waals surface area contributed by atoms with Crippen molar-refractivity contribution in [2.24, 2.45) is 0 Å². The van der Waals surface area contributed by atoms with Crippen LogP contribution < -0.4 is 11.1 Å². The normalized spacial score (nSPS) is 20.6. The van der Waals surface area contributed by atoms with Gasteiger partial charge in [0.2, 0.25) is 0 Å². The number of rotatable bonds is 3. The second kappa shape index (κ2) is 5.79. The summed E-state index contributed by atoms with van der Waals surface area (Å²) in [5.41, 5.74) is 6.05. The van der Waals surface area contributed by atoms with E-state index in [1.54, 1.807) is 18.3 Å². The number of nitrogens with two attached hydrogens (primary N) is 1. The van der Waals surface area contributed by atoms with Crippen LogP contribution in [0.15, 0.2) is 18.3 Å². The molecule has 2 rings (SSSR count). The first-order valence-corrected chi connectivity index (χ1v) is 5.95. The fourth-order valence-corrected chi connectivity index (χ4v) is 1.90. The molecule has 0 saturated carbocycles. The molecule has 6 heteroatoms. The van der Waals surface area contributed by atoms with Crippen LogP contribution in [0, 0.1) is 0 Å². The molecule has 0 spiro atoms. The molecule has 3 N–H and O–H groups in total. The maximum Gasteiger partial charge on any atom is 0.255 e. The highest BCUT2D eigenvalue weighted by atomic mass is 16.5. The molecule has 98 valence electrons. The first kappa shape index (κ1) is 12.8. The molecule has 1 aliphatic heterocycles. The molecule has 6 nitrogen and oxygen atoms in total. The van der Waals surface area contributed by atoms with Gasteiger partial charge in [-0.3, -0.25) is 4.79 Å². The van der Waals surface area contributed by atoms with Crippen LogP contribution in [-0.4, -0.2) is 55.2 Å². The Labute approximate surface area is 106 Å². The summed E-state index contributed by atoms with van der Waals surface area (Å²) in [6, 6.07) is 3.35. The van der Waals surface area contributed by atoms with Crippen LogP contribution in [0.1, 0.15) is 10.4 Å². The third kappa shape index (κ3) is 3.18. The molecule has 1 aromatic heterocycles. The van der Waals surface area contributed by atoms with E-state index in [1.807, 2.05) is 7.05 Å². The summed E-state index contributed by atoms with van der Waals surface area (Å²) in [7, 11) is 2.04. The molecular weight excluding hydrogens is 232 g/mol. The van der Waals surface area contributed by atoms with E-state index in [0.29, 0.717) is 18.7 Å². The number of pyridine rings is 1. The van der Waals surface area contributed by atoms with Crippen molar-refractivity contribution in [3.8, 4) is 0 Å². The van der Waals surface area contributed by atoms with Crippen LogP contribution in [-0.2, 0) is 4.74 Å². The van der Waals surface area contributed by atoms with Gasteiger partial charge >= 0.3 is 0 Å². The lowest BCUT2D eigenvalue weighted by Gasteiger charge is -2.30. The number of carbonyl (C=O) groups excluding carboxylic acids is 1. The van der Waals surface area contributed by atoms with Gasteiger partial charge in [0.25, 0.3) is 5.91 Å². The van der Waals surface area contributed by atoms with Crippen molar-refractivity contribution in [3.63, 3.8) is 0 Å². The molecule has 1 unspecified atom stereocenters. The standard InChI is InChI=1S/C12H18N4O2/c1-16-5-6-18-9(8-16)7-15-12(17)10-3-2-4-14-11(10)13/h2-4,9H,5-8H2,1H3,(H2,13,14)(H,15,17). The quantitative estimate of drug-likeness (QED) is 0.771. The smallest absolute Gasteiger partial charge is 0.255 e. The van der Waals surface area contributed by atoms with Gasteiger partial charge in [0, 0.05) is 25.8 Å². The molecule has 1 atom stereocenters. The third-order valence-corrected chi connectivity index (χ3v) is 2.92. The monoisotopic (exact) mass is 250 g/mol. The third-order valence-electron chi connectivity index (χ3n) is 2.92. The number of hydrogen-bond donors (Lipinski definition) is 2. The van der Waals surface area contributed by atoms with Crippen molar-refractivity contribution >= 4 is 11.7 Å². The zero-order valence-corrected chi connectivity index (χ0v) is 10.4. The average molecular weight is 250 g/mol. The summed E-state index contributed by atoms with van der Waals surface area (Å²) < 4.78 is 5.56. The minimum Gasteiger partial charge on any atom is -0.383 e. The Morgan fingerprint density at radius 1 is 1.72 bits per heavy atom. The molecule has 0 aromatic carbocycles. The predicted molar refractivity (Wildman–Crippen MR) is 68.2 cm³/mol. The van der Waals surface area contributed by atoms with Gasteiger partial charge in [-0.1, -0.05) is 0 Å². The van der Waals surface area contributed by atoms with Gasteiger partial charge in [-0.2, -0.15) is 0 Å². The van der Waals surface area contributed by atoms with Crippen LogP contribution in [0.3, 0.4) is 0 Å². The van der Waals surface area contributed by atoms with E-state index in [0.717, 1.165) is 13.1 Å². The number of ether oxygens (including phenoxy) is 1. The Hall–Kier alpha value is -1.66. The highest BCUT2D eigenvalue weighted by Gasteiger charge is 2.19. The fraction of sp³-hybridized carbons (Fsp3) is 0.500. The molecule has 1 aliphatic rings. The van der Waals surface area contributed by atoms with E-state index >= 15 is 0 Å². The maximum atomic E-state index is 11.9. The zero-order valence-electron chi connectivity index (χ0n) is 10.4. The molecular formula is C12H18N4O2. The number of carbonyl (C=O) groups is 1. The van der Waals surface area contributed by atoms with Crippen LogP contribution in [0.5, 0.6) is 0 Å². The number of hydrogen-bond acceptors (Lipinski definition) is 5. The topological polar surface area (TPSA) is 80.5 Å². The van der Waals surface area contributed by atoms with Gasteiger partial charge in [0.1, 0.15) is 5.82 Å². The number of aromatic nitrogens is 1. The molecule has 2 heterocycles. The predicted octanol–water partition coefficient (Wildman–Crippen LogP) is -0.276. The van der Waals surface area contributed by atoms with E-state index in [1.165, 1.54) is 0 Å². The molecule has 1 fully saturated rings. The van der Waals surface area contributed by atoms with Crippen LogP contribution in [0.4, 0.5) is 5.82 Å². The molecule has 1 amide bonds. The Morgan fingerprint density at radius 3 is 3.28 bits per heavy atom. The Balaban J connectivity index is 1.87. The van der Waals surface area contributed by atoms with Gasteiger partial charge in [-0.05, 0) is 19.2 Å². The number of morpholine rings is 1.